The molecule has 1 heteroatoms. The number of allylic oxidation sites excluding steroid dienone is 1. The van der Waals surface area contributed by atoms with Gasteiger partial charge in [-0.15, -0.1) is 0 Å². The van der Waals surface area contributed by atoms with Gasteiger partial charge < -0.3 is 5.32 Å². The lowest BCUT2D eigenvalue weighted by atomic mass is 9.85. The van der Waals surface area contributed by atoms with Crippen LogP contribution in [-0.2, 0) is 0 Å². The minimum atomic E-state index is 0.536. The molecular formula is C9H15N. The van der Waals surface area contributed by atoms with Gasteiger partial charge in [-0.3, -0.25) is 0 Å². The molecule has 56 valence electrons. The molecule has 1 nitrogen and oxygen atoms in total. The first-order valence-corrected chi connectivity index (χ1v) is 4.31. The molecule has 1 spiro atoms. The molecule has 1 atom stereocenters. The van der Waals surface area contributed by atoms with Crippen molar-refractivity contribution in [2.75, 3.05) is 6.54 Å². The number of nitrogens with one attached hydrogen (secondary N) is 1. The highest BCUT2D eigenvalue weighted by molar-refractivity contribution is 5.04. The first kappa shape index (κ1) is 6.41. The van der Waals surface area contributed by atoms with Crippen LogP contribution in [0.4, 0.5) is 0 Å². The molecule has 1 aliphatic heterocycles. The van der Waals surface area contributed by atoms with E-state index in [1.807, 2.05) is 0 Å². The fourth-order valence-electron chi connectivity index (χ4n) is 2.14. The Balaban J connectivity index is 2.06. The predicted octanol–water partition coefficient (Wildman–Crippen LogP) is 1.85. The Hall–Kier alpha value is -0.300. The van der Waals surface area contributed by atoms with Crippen LogP contribution in [0.1, 0.15) is 32.1 Å². The lowest BCUT2D eigenvalue weighted by Crippen LogP contribution is -2.39. The van der Waals surface area contributed by atoms with Crippen LogP contribution in [0.5, 0.6) is 0 Å². The molecule has 0 aromatic heterocycles. The zero-order valence-electron chi connectivity index (χ0n) is 6.40. The van der Waals surface area contributed by atoms with Crippen molar-refractivity contribution in [2.45, 2.75) is 37.6 Å². The standard InChI is InChI=1S/C9H15N/c1-2-5-9(6-3-1)7-4-8-10-9/h1-2,10H,3-8H2. The third-order valence-corrected chi connectivity index (χ3v) is 2.80. The van der Waals surface area contributed by atoms with E-state index in [1.165, 1.54) is 38.6 Å². The molecule has 0 saturated carbocycles. The highest BCUT2D eigenvalue weighted by Gasteiger charge is 2.32. The smallest absolute Gasteiger partial charge is 0.0219 e. The molecular weight excluding hydrogens is 122 g/mol. The van der Waals surface area contributed by atoms with Crippen molar-refractivity contribution >= 4 is 0 Å². The van der Waals surface area contributed by atoms with E-state index in [4.69, 9.17) is 0 Å². The van der Waals surface area contributed by atoms with Crippen LogP contribution >= 0.6 is 0 Å². The van der Waals surface area contributed by atoms with Gasteiger partial charge in [-0.25, -0.2) is 0 Å². The molecule has 0 bridgehead atoms. The van der Waals surface area contributed by atoms with Crippen LogP contribution in [0.25, 0.3) is 0 Å². The first-order chi connectivity index (χ1) is 4.91. The van der Waals surface area contributed by atoms with Gasteiger partial charge in [-0.1, -0.05) is 12.2 Å². The van der Waals surface area contributed by atoms with Gasteiger partial charge >= 0.3 is 0 Å². The summed E-state index contributed by atoms with van der Waals surface area (Å²) in [6.07, 6.45) is 11.3. The topological polar surface area (TPSA) is 12.0 Å². The lowest BCUT2D eigenvalue weighted by Gasteiger charge is -2.30. The molecule has 1 unspecified atom stereocenters. The van der Waals surface area contributed by atoms with Crippen LogP contribution in [0.2, 0.25) is 0 Å². The van der Waals surface area contributed by atoms with Crippen molar-refractivity contribution in [3.05, 3.63) is 12.2 Å². The second-order valence-electron chi connectivity index (χ2n) is 3.52. The third-order valence-electron chi connectivity index (χ3n) is 2.80. The van der Waals surface area contributed by atoms with E-state index in [0.29, 0.717) is 5.54 Å². The third kappa shape index (κ3) is 0.988. The minimum absolute atomic E-state index is 0.536. The zero-order valence-corrected chi connectivity index (χ0v) is 6.40. The Bertz CT molecular complexity index is 143. The summed E-state index contributed by atoms with van der Waals surface area (Å²) >= 11 is 0. The highest BCUT2D eigenvalue weighted by Crippen LogP contribution is 2.31. The zero-order chi connectivity index (χ0) is 6.86. The van der Waals surface area contributed by atoms with Gasteiger partial charge in [0.2, 0.25) is 0 Å². The van der Waals surface area contributed by atoms with Crippen LogP contribution in [0.15, 0.2) is 12.2 Å². The Morgan fingerprint density at radius 2 is 2.20 bits per heavy atom. The summed E-state index contributed by atoms with van der Waals surface area (Å²) in [7, 11) is 0. The van der Waals surface area contributed by atoms with E-state index in [-0.39, 0.29) is 0 Å². The van der Waals surface area contributed by atoms with Gasteiger partial charge in [0.15, 0.2) is 0 Å². The molecule has 1 N–H and O–H groups in total. The van der Waals surface area contributed by atoms with Gasteiger partial charge in [0.25, 0.3) is 0 Å². The average molecular weight is 137 g/mol. The molecule has 0 aromatic rings. The number of rotatable bonds is 0. The minimum Gasteiger partial charge on any atom is -0.311 e. The monoisotopic (exact) mass is 137 g/mol. The van der Waals surface area contributed by atoms with Crippen molar-refractivity contribution < 1.29 is 0 Å². The van der Waals surface area contributed by atoms with E-state index >= 15 is 0 Å². The lowest BCUT2D eigenvalue weighted by molar-refractivity contribution is 0.343. The molecule has 2 aliphatic rings. The van der Waals surface area contributed by atoms with Crippen LogP contribution < -0.4 is 5.32 Å². The molecule has 1 aliphatic carbocycles. The van der Waals surface area contributed by atoms with Gasteiger partial charge in [0.1, 0.15) is 0 Å². The van der Waals surface area contributed by atoms with E-state index in [2.05, 4.69) is 17.5 Å². The summed E-state index contributed by atoms with van der Waals surface area (Å²) in [4.78, 5) is 0. The maximum Gasteiger partial charge on any atom is 0.0219 e. The molecule has 0 aromatic carbocycles. The normalized spacial score (nSPS) is 39.2. The highest BCUT2D eigenvalue weighted by atomic mass is 15.0. The first-order valence-electron chi connectivity index (χ1n) is 4.31. The average Bonchev–Trinajstić information content (AvgIpc) is 2.39. The number of hydrogen-bond acceptors (Lipinski definition) is 1. The molecule has 0 amide bonds. The summed E-state index contributed by atoms with van der Waals surface area (Å²) in [5.74, 6) is 0. The van der Waals surface area contributed by atoms with Gasteiger partial charge in [0.05, 0.1) is 0 Å². The van der Waals surface area contributed by atoms with Crippen molar-refractivity contribution in [1.82, 2.24) is 5.32 Å². The Labute approximate surface area is 62.5 Å². The van der Waals surface area contributed by atoms with E-state index in [0.717, 1.165) is 0 Å². The maximum atomic E-state index is 3.62. The Kier molecular flexibility index (Phi) is 1.53. The summed E-state index contributed by atoms with van der Waals surface area (Å²) in [6, 6.07) is 0. The maximum absolute atomic E-state index is 3.62. The van der Waals surface area contributed by atoms with Crippen LogP contribution in [0.3, 0.4) is 0 Å². The van der Waals surface area contributed by atoms with E-state index < -0.39 is 0 Å². The van der Waals surface area contributed by atoms with Crippen molar-refractivity contribution in [1.29, 1.82) is 0 Å². The van der Waals surface area contributed by atoms with Crippen molar-refractivity contribution in [3.63, 3.8) is 0 Å². The quantitative estimate of drug-likeness (QED) is 0.502. The molecule has 0 radical (unpaired) electrons. The Morgan fingerprint density at radius 1 is 1.20 bits per heavy atom. The van der Waals surface area contributed by atoms with E-state index in [9.17, 15) is 0 Å². The van der Waals surface area contributed by atoms with Crippen LogP contribution in [-0.4, -0.2) is 12.1 Å². The fraction of sp³-hybridized carbons (Fsp3) is 0.778. The summed E-state index contributed by atoms with van der Waals surface area (Å²) < 4.78 is 0. The Morgan fingerprint density at radius 3 is 2.80 bits per heavy atom. The van der Waals surface area contributed by atoms with Crippen molar-refractivity contribution in [3.8, 4) is 0 Å². The second-order valence-corrected chi connectivity index (χ2v) is 3.52. The molecule has 1 heterocycles. The van der Waals surface area contributed by atoms with Gasteiger partial charge in [0, 0.05) is 5.54 Å². The fourth-order valence-corrected chi connectivity index (χ4v) is 2.14. The molecule has 1 saturated heterocycles. The van der Waals surface area contributed by atoms with E-state index in [1.54, 1.807) is 0 Å². The van der Waals surface area contributed by atoms with Gasteiger partial charge in [-0.2, -0.15) is 0 Å². The SMILES string of the molecule is C1=CCC2(CC1)CCCN2. The van der Waals surface area contributed by atoms with Crippen LogP contribution in [0, 0.1) is 0 Å². The summed E-state index contributed by atoms with van der Waals surface area (Å²) in [6.45, 7) is 1.24. The second kappa shape index (κ2) is 2.39. The largest absolute Gasteiger partial charge is 0.311 e. The van der Waals surface area contributed by atoms with Crippen molar-refractivity contribution in [2.24, 2.45) is 0 Å². The predicted molar refractivity (Wildman–Crippen MR) is 43.0 cm³/mol. The summed E-state index contributed by atoms with van der Waals surface area (Å²) in [5.41, 5.74) is 0.536. The molecule has 1 fully saturated rings. The molecule has 2 rings (SSSR count). The molecule has 10 heavy (non-hydrogen) atoms. The number of hydrogen-bond donors (Lipinski definition) is 1. The van der Waals surface area contributed by atoms with Gasteiger partial charge in [-0.05, 0) is 38.6 Å². The summed E-state index contributed by atoms with van der Waals surface area (Å²) in [5, 5.41) is 3.62.